The summed E-state index contributed by atoms with van der Waals surface area (Å²) in [4.78, 5) is 16.1. The SMILES string of the molecule is O=C(/C=C/c1nc2ccccc2o1)NC1CCCCC1. The van der Waals surface area contributed by atoms with Gasteiger partial charge in [-0.2, -0.15) is 0 Å². The fourth-order valence-corrected chi connectivity index (χ4v) is 2.60. The molecule has 1 N–H and O–H groups in total. The number of benzene rings is 1. The van der Waals surface area contributed by atoms with Gasteiger partial charge < -0.3 is 9.73 Å². The topological polar surface area (TPSA) is 55.1 Å². The molecule has 1 fully saturated rings. The molecule has 0 spiro atoms. The Hall–Kier alpha value is -2.10. The van der Waals surface area contributed by atoms with Crippen LogP contribution < -0.4 is 5.32 Å². The summed E-state index contributed by atoms with van der Waals surface area (Å²) in [6, 6.07) is 7.88. The molecule has 3 rings (SSSR count). The molecule has 0 atom stereocenters. The molecule has 1 aliphatic rings. The van der Waals surface area contributed by atoms with Gasteiger partial charge >= 0.3 is 0 Å². The maximum absolute atomic E-state index is 11.8. The normalized spacial score (nSPS) is 16.8. The van der Waals surface area contributed by atoms with E-state index in [1.54, 1.807) is 6.08 Å². The second kappa shape index (κ2) is 5.90. The molecule has 20 heavy (non-hydrogen) atoms. The Morgan fingerprint density at radius 1 is 1.25 bits per heavy atom. The zero-order valence-corrected chi connectivity index (χ0v) is 11.3. The number of amides is 1. The average Bonchev–Trinajstić information content (AvgIpc) is 2.89. The van der Waals surface area contributed by atoms with Crippen LogP contribution in [0.3, 0.4) is 0 Å². The van der Waals surface area contributed by atoms with Crippen molar-refractivity contribution in [2.24, 2.45) is 0 Å². The zero-order valence-electron chi connectivity index (χ0n) is 11.3. The summed E-state index contributed by atoms with van der Waals surface area (Å²) in [5, 5.41) is 3.03. The molecule has 2 aromatic rings. The number of carbonyl (C=O) groups excluding carboxylic acids is 1. The van der Waals surface area contributed by atoms with E-state index in [2.05, 4.69) is 10.3 Å². The van der Waals surface area contributed by atoms with Crippen molar-refractivity contribution in [2.45, 2.75) is 38.1 Å². The van der Waals surface area contributed by atoms with Gasteiger partial charge in [-0.3, -0.25) is 4.79 Å². The van der Waals surface area contributed by atoms with Crippen LogP contribution in [-0.2, 0) is 4.79 Å². The molecule has 1 amide bonds. The van der Waals surface area contributed by atoms with Crippen LogP contribution >= 0.6 is 0 Å². The van der Waals surface area contributed by atoms with Crippen LogP contribution in [0.2, 0.25) is 0 Å². The van der Waals surface area contributed by atoms with Crippen LogP contribution in [0.25, 0.3) is 17.2 Å². The number of carbonyl (C=O) groups is 1. The molecule has 0 saturated heterocycles. The lowest BCUT2D eigenvalue weighted by atomic mass is 9.95. The number of oxazole rings is 1. The highest BCUT2D eigenvalue weighted by molar-refractivity contribution is 5.91. The van der Waals surface area contributed by atoms with Crippen molar-refractivity contribution in [3.8, 4) is 0 Å². The third kappa shape index (κ3) is 3.07. The summed E-state index contributed by atoms with van der Waals surface area (Å²) in [6.45, 7) is 0. The Morgan fingerprint density at radius 3 is 2.85 bits per heavy atom. The molecule has 0 bridgehead atoms. The minimum Gasteiger partial charge on any atom is -0.437 e. The van der Waals surface area contributed by atoms with Crippen molar-refractivity contribution in [1.29, 1.82) is 0 Å². The minimum atomic E-state index is -0.0702. The van der Waals surface area contributed by atoms with Crippen LogP contribution in [0.4, 0.5) is 0 Å². The molecule has 0 radical (unpaired) electrons. The molecular formula is C16H18N2O2. The van der Waals surface area contributed by atoms with Gasteiger partial charge in [0.1, 0.15) is 5.52 Å². The number of hydrogen-bond donors (Lipinski definition) is 1. The second-order valence-electron chi connectivity index (χ2n) is 5.20. The van der Waals surface area contributed by atoms with E-state index in [1.807, 2.05) is 24.3 Å². The summed E-state index contributed by atoms with van der Waals surface area (Å²) >= 11 is 0. The molecular weight excluding hydrogens is 252 g/mol. The van der Waals surface area contributed by atoms with Crippen molar-refractivity contribution >= 4 is 23.1 Å². The molecule has 104 valence electrons. The van der Waals surface area contributed by atoms with Crippen LogP contribution in [0, 0.1) is 0 Å². The first-order valence-electron chi connectivity index (χ1n) is 7.15. The quantitative estimate of drug-likeness (QED) is 0.871. The number of hydrogen-bond acceptors (Lipinski definition) is 3. The van der Waals surface area contributed by atoms with Gasteiger partial charge in [-0.25, -0.2) is 4.98 Å². The van der Waals surface area contributed by atoms with Crippen LogP contribution in [0.1, 0.15) is 38.0 Å². The molecule has 1 aliphatic carbocycles. The maximum atomic E-state index is 11.8. The van der Waals surface area contributed by atoms with E-state index in [9.17, 15) is 4.79 Å². The highest BCUT2D eigenvalue weighted by atomic mass is 16.3. The molecule has 4 nitrogen and oxygen atoms in total. The Bertz CT molecular complexity index is 591. The van der Waals surface area contributed by atoms with Crippen LogP contribution in [0.5, 0.6) is 0 Å². The number of fused-ring (bicyclic) bond motifs is 1. The molecule has 1 heterocycles. The van der Waals surface area contributed by atoms with E-state index in [1.165, 1.54) is 25.3 Å². The molecule has 0 aliphatic heterocycles. The third-order valence-corrected chi connectivity index (χ3v) is 3.64. The van der Waals surface area contributed by atoms with E-state index < -0.39 is 0 Å². The van der Waals surface area contributed by atoms with E-state index >= 15 is 0 Å². The fraction of sp³-hybridized carbons (Fsp3) is 0.375. The summed E-state index contributed by atoms with van der Waals surface area (Å²) in [5.41, 5.74) is 1.54. The van der Waals surface area contributed by atoms with Gasteiger partial charge in [-0.15, -0.1) is 0 Å². The van der Waals surface area contributed by atoms with Crippen LogP contribution in [-0.4, -0.2) is 16.9 Å². The Labute approximate surface area is 117 Å². The predicted molar refractivity (Wildman–Crippen MR) is 78.1 cm³/mol. The van der Waals surface area contributed by atoms with E-state index in [4.69, 9.17) is 4.42 Å². The first-order valence-corrected chi connectivity index (χ1v) is 7.15. The molecule has 0 unspecified atom stereocenters. The van der Waals surface area contributed by atoms with Gasteiger partial charge in [-0.05, 0) is 25.0 Å². The van der Waals surface area contributed by atoms with E-state index in [0.717, 1.165) is 23.9 Å². The second-order valence-corrected chi connectivity index (χ2v) is 5.20. The third-order valence-electron chi connectivity index (χ3n) is 3.64. The summed E-state index contributed by atoms with van der Waals surface area (Å²) in [7, 11) is 0. The number of rotatable bonds is 3. The van der Waals surface area contributed by atoms with Crippen molar-refractivity contribution in [3.63, 3.8) is 0 Å². The van der Waals surface area contributed by atoms with Gasteiger partial charge in [0.2, 0.25) is 11.8 Å². The Balaban J connectivity index is 1.62. The lowest BCUT2D eigenvalue weighted by Gasteiger charge is -2.21. The summed E-state index contributed by atoms with van der Waals surface area (Å²) < 4.78 is 5.53. The molecule has 4 heteroatoms. The number of nitrogens with one attached hydrogen (secondary N) is 1. The highest BCUT2D eigenvalue weighted by Crippen LogP contribution is 2.18. The molecule has 1 aromatic heterocycles. The number of para-hydroxylation sites is 2. The number of nitrogens with zero attached hydrogens (tertiary/aromatic N) is 1. The van der Waals surface area contributed by atoms with Crippen molar-refractivity contribution in [2.75, 3.05) is 0 Å². The molecule has 1 aromatic carbocycles. The largest absolute Gasteiger partial charge is 0.437 e. The first-order chi connectivity index (χ1) is 9.81. The van der Waals surface area contributed by atoms with Crippen molar-refractivity contribution in [3.05, 3.63) is 36.2 Å². The zero-order chi connectivity index (χ0) is 13.8. The Morgan fingerprint density at radius 2 is 2.05 bits per heavy atom. The van der Waals surface area contributed by atoms with Gasteiger partial charge in [0.05, 0.1) is 0 Å². The monoisotopic (exact) mass is 270 g/mol. The summed E-state index contributed by atoms with van der Waals surface area (Å²) in [6.07, 6.45) is 8.99. The maximum Gasteiger partial charge on any atom is 0.244 e. The lowest BCUT2D eigenvalue weighted by molar-refractivity contribution is -0.117. The standard InChI is InChI=1S/C16H18N2O2/c19-15(17-12-6-2-1-3-7-12)10-11-16-18-13-8-4-5-9-14(13)20-16/h4-5,8-12H,1-3,6-7H2,(H,17,19)/b11-10+. The smallest absolute Gasteiger partial charge is 0.244 e. The van der Waals surface area contributed by atoms with Crippen molar-refractivity contribution < 1.29 is 9.21 Å². The van der Waals surface area contributed by atoms with Crippen molar-refractivity contribution in [1.82, 2.24) is 10.3 Å². The van der Waals surface area contributed by atoms with Crippen LogP contribution in [0.15, 0.2) is 34.8 Å². The summed E-state index contributed by atoms with van der Waals surface area (Å²) in [5.74, 6) is 0.393. The van der Waals surface area contributed by atoms with Gasteiger partial charge in [0.25, 0.3) is 0 Å². The van der Waals surface area contributed by atoms with Gasteiger partial charge in [0.15, 0.2) is 5.58 Å². The minimum absolute atomic E-state index is 0.0702. The lowest BCUT2D eigenvalue weighted by Crippen LogP contribution is -2.34. The highest BCUT2D eigenvalue weighted by Gasteiger charge is 2.14. The van der Waals surface area contributed by atoms with Gasteiger partial charge in [0, 0.05) is 18.2 Å². The first kappa shape index (κ1) is 12.9. The van der Waals surface area contributed by atoms with E-state index in [0.29, 0.717) is 11.9 Å². The average molecular weight is 270 g/mol. The fourth-order valence-electron chi connectivity index (χ4n) is 2.60. The predicted octanol–water partition coefficient (Wildman–Crippen LogP) is 3.29. The van der Waals surface area contributed by atoms with Gasteiger partial charge in [-0.1, -0.05) is 31.4 Å². The van der Waals surface area contributed by atoms with E-state index in [-0.39, 0.29) is 5.91 Å². The Kier molecular flexibility index (Phi) is 3.81. The molecule has 1 saturated carbocycles. The number of aromatic nitrogens is 1.